The fourth-order valence-corrected chi connectivity index (χ4v) is 2.86. The van der Waals surface area contributed by atoms with Crippen molar-refractivity contribution in [3.8, 4) is 17.4 Å². The van der Waals surface area contributed by atoms with Crippen molar-refractivity contribution in [3.63, 3.8) is 0 Å². The smallest absolute Gasteiger partial charge is 0.259 e. The molecule has 1 amide bonds. The molecule has 0 radical (unpaired) electrons. The molecule has 2 heterocycles. The lowest BCUT2D eigenvalue weighted by molar-refractivity contribution is 0.102. The zero-order chi connectivity index (χ0) is 21.5. The van der Waals surface area contributed by atoms with Crippen molar-refractivity contribution >= 4 is 23.1 Å². The van der Waals surface area contributed by atoms with E-state index in [0.717, 1.165) is 0 Å². The fraction of sp³-hybridized carbons (Fsp3) is 0.0435. The minimum absolute atomic E-state index is 0.317. The Labute approximate surface area is 178 Å². The standard InChI is InChI=1S/C23H19N5O3/c1-30-20-10-3-2-9-19(20)28-22-18(8-5-11-26-22)23(29)27-16-6-4-7-17(14-16)31-21-15-24-12-13-25-21/h2-15H,1H3,(H,26,28)(H,27,29). The van der Waals surface area contributed by atoms with E-state index in [1.807, 2.05) is 24.3 Å². The number of pyridine rings is 1. The summed E-state index contributed by atoms with van der Waals surface area (Å²) in [7, 11) is 1.59. The van der Waals surface area contributed by atoms with Crippen LogP contribution in [0.15, 0.2) is 85.5 Å². The molecule has 0 saturated carbocycles. The highest BCUT2D eigenvalue weighted by Crippen LogP contribution is 2.28. The number of benzene rings is 2. The summed E-state index contributed by atoms with van der Waals surface area (Å²) in [6.45, 7) is 0. The highest BCUT2D eigenvalue weighted by Gasteiger charge is 2.14. The first-order valence-corrected chi connectivity index (χ1v) is 9.43. The third-order valence-electron chi connectivity index (χ3n) is 4.27. The largest absolute Gasteiger partial charge is 0.495 e. The zero-order valence-electron chi connectivity index (χ0n) is 16.6. The Hall–Kier alpha value is -4.46. The summed E-state index contributed by atoms with van der Waals surface area (Å²) in [5, 5.41) is 6.04. The predicted octanol–water partition coefficient (Wildman–Crippen LogP) is 4.67. The van der Waals surface area contributed by atoms with Crippen LogP contribution in [-0.4, -0.2) is 28.0 Å². The molecule has 2 N–H and O–H groups in total. The molecule has 4 rings (SSSR count). The maximum Gasteiger partial charge on any atom is 0.259 e. The second-order valence-corrected chi connectivity index (χ2v) is 6.35. The molecule has 0 saturated heterocycles. The van der Waals surface area contributed by atoms with E-state index in [1.165, 1.54) is 6.20 Å². The lowest BCUT2D eigenvalue weighted by Crippen LogP contribution is -2.14. The van der Waals surface area contributed by atoms with Crippen LogP contribution in [0, 0.1) is 0 Å². The minimum atomic E-state index is -0.317. The topological polar surface area (TPSA) is 98.3 Å². The van der Waals surface area contributed by atoms with Gasteiger partial charge in [-0.05, 0) is 36.4 Å². The Morgan fingerprint density at radius 3 is 2.68 bits per heavy atom. The van der Waals surface area contributed by atoms with Crippen LogP contribution in [0.25, 0.3) is 0 Å². The van der Waals surface area contributed by atoms with Gasteiger partial charge in [0.25, 0.3) is 5.91 Å². The number of aromatic nitrogens is 3. The van der Waals surface area contributed by atoms with Gasteiger partial charge >= 0.3 is 0 Å². The molecule has 8 nitrogen and oxygen atoms in total. The number of anilines is 3. The van der Waals surface area contributed by atoms with Gasteiger partial charge in [0.05, 0.1) is 24.6 Å². The van der Waals surface area contributed by atoms with Gasteiger partial charge in [-0.3, -0.25) is 9.78 Å². The van der Waals surface area contributed by atoms with E-state index < -0.39 is 0 Å². The van der Waals surface area contributed by atoms with E-state index in [2.05, 4.69) is 25.6 Å². The number of methoxy groups -OCH3 is 1. The zero-order valence-corrected chi connectivity index (χ0v) is 16.6. The number of amides is 1. The van der Waals surface area contributed by atoms with E-state index >= 15 is 0 Å². The van der Waals surface area contributed by atoms with Crippen molar-refractivity contribution in [1.82, 2.24) is 15.0 Å². The van der Waals surface area contributed by atoms with Crippen LogP contribution < -0.4 is 20.1 Å². The summed E-state index contributed by atoms with van der Waals surface area (Å²) in [5.41, 5.74) is 1.66. The van der Waals surface area contributed by atoms with Crippen LogP contribution in [0.2, 0.25) is 0 Å². The number of hydrogen-bond acceptors (Lipinski definition) is 7. The molecule has 4 aromatic rings. The Morgan fingerprint density at radius 2 is 1.84 bits per heavy atom. The number of nitrogens with zero attached hydrogens (tertiary/aromatic N) is 3. The number of carbonyl (C=O) groups is 1. The minimum Gasteiger partial charge on any atom is -0.495 e. The second kappa shape index (κ2) is 9.36. The molecule has 8 heteroatoms. The highest BCUT2D eigenvalue weighted by atomic mass is 16.5. The maximum atomic E-state index is 13.0. The van der Waals surface area contributed by atoms with E-state index in [-0.39, 0.29) is 5.91 Å². The normalized spacial score (nSPS) is 10.2. The van der Waals surface area contributed by atoms with Gasteiger partial charge in [-0.2, -0.15) is 0 Å². The molecule has 154 valence electrons. The average molecular weight is 413 g/mol. The molecule has 0 atom stereocenters. The van der Waals surface area contributed by atoms with Crippen molar-refractivity contribution in [3.05, 3.63) is 91.0 Å². The van der Waals surface area contributed by atoms with Gasteiger partial charge < -0.3 is 20.1 Å². The van der Waals surface area contributed by atoms with Crippen LogP contribution in [0.1, 0.15) is 10.4 Å². The molecular weight excluding hydrogens is 394 g/mol. The van der Waals surface area contributed by atoms with Gasteiger partial charge in [0.2, 0.25) is 5.88 Å². The SMILES string of the molecule is COc1ccccc1Nc1ncccc1C(=O)Nc1cccc(Oc2cnccn2)c1. The number of carbonyl (C=O) groups excluding carboxylic acids is 1. The van der Waals surface area contributed by atoms with Crippen LogP contribution in [0.3, 0.4) is 0 Å². The molecule has 0 aliphatic rings. The summed E-state index contributed by atoms with van der Waals surface area (Å²) < 4.78 is 11.0. The van der Waals surface area contributed by atoms with Crippen molar-refractivity contribution < 1.29 is 14.3 Å². The first kappa shape index (κ1) is 19.8. The molecular formula is C23H19N5O3. The van der Waals surface area contributed by atoms with Crippen molar-refractivity contribution in [1.29, 1.82) is 0 Å². The van der Waals surface area contributed by atoms with E-state index in [9.17, 15) is 4.79 Å². The first-order valence-electron chi connectivity index (χ1n) is 9.43. The third kappa shape index (κ3) is 4.94. The summed E-state index contributed by atoms with van der Waals surface area (Å²) in [4.78, 5) is 25.3. The average Bonchev–Trinajstić information content (AvgIpc) is 2.81. The van der Waals surface area contributed by atoms with Gasteiger partial charge in [0, 0.05) is 30.3 Å². The monoisotopic (exact) mass is 413 g/mol. The molecule has 31 heavy (non-hydrogen) atoms. The first-order chi connectivity index (χ1) is 15.2. The number of ether oxygens (including phenoxy) is 2. The van der Waals surface area contributed by atoms with Crippen LogP contribution in [0.5, 0.6) is 17.4 Å². The number of nitrogens with one attached hydrogen (secondary N) is 2. The summed E-state index contributed by atoms with van der Waals surface area (Å²) >= 11 is 0. The summed E-state index contributed by atoms with van der Waals surface area (Å²) in [6, 6.07) is 17.8. The maximum absolute atomic E-state index is 13.0. The molecule has 0 fully saturated rings. The third-order valence-corrected chi connectivity index (χ3v) is 4.27. The molecule has 0 aliphatic carbocycles. The van der Waals surface area contributed by atoms with Crippen LogP contribution in [0.4, 0.5) is 17.2 Å². The van der Waals surface area contributed by atoms with Crippen molar-refractivity contribution in [2.24, 2.45) is 0 Å². The quantitative estimate of drug-likeness (QED) is 0.454. The lowest BCUT2D eigenvalue weighted by Gasteiger charge is -2.14. The van der Waals surface area contributed by atoms with Crippen molar-refractivity contribution in [2.75, 3.05) is 17.7 Å². The Bertz CT molecular complexity index is 1180. The summed E-state index contributed by atoms with van der Waals surface area (Å²) in [6.07, 6.45) is 6.23. The van der Waals surface area contributed by atoms with Crippen molar-refractivity contribution in [2.45, 2.75) is 0 Å². The Balaban J connectivity index is 1.52. The lowest BCUT2D eigenvalue weighted by atomic mass is 10.2. The van der Waals surface area contributed by atoms with Crippen LogP contribution >= 0.6 is 0 Å². The molecule has 2 aromatic heterocycles. The van der Waals surface area contributed by atoms with Gasteiger partial charge in [-0.15, -0.1) is 0 Å². The Morgan fingerprint density at radius 1 is 0.935 bits per heavy atom. The number of hydrogen-bond donors (Lipinski definition) is 2. The summed E-state index contributed by atoms with van der Waals surface area (Å²) in [5.74, 6) is 1.63. The fourth-order valence-electron chi connectivity index (χ4n) is 2.86. The van der Waals surface area contributed by atoms with E-state index in [4.69, 9.17) is 9.47 Å². The second-order valence-electron chi connectivity index (χ2n) is 6.35. The van der Waals surface area contributed by atoms with E-state index in [1.54, 1.807) is 62.1 Å². The molecule has 0 spiro atoms. The Kier molecular flexibility index (Phi) is 5.99. The molecule has 0 aliphatic heterocycles. The molecule has 2 aromatic carbocycles. The highest BCUT2D eigenvalue weighted by molar-refractivity contribution is 6.08. The number of rotatable bonds is 7. The number of para-hydroxylation sites is 2. The predicted molar refractivity (Wildman–Crippen MR) is 117 cm³/mol. The van der Waals surface area contributed by atoms with Gasteiger partial charge in [-0.1, -0.05) is 18.2 Å². The van der Waals surface area contributed by atoms with Crippen LogP contribution in [-0.2, 0) is 0 Å². The molecule has 0 unspecified atom stereocenters. The van der Waals surface area contributed by atoms with Gasteiger partial charge in [-0.25, -0.2) is 9.97 Å². The van der Waals surface area contributed by atoms with Gasteiger partial charge in [0.15, 0.2) is 0 Å². The van der Waals surface area contributed by atoms with Gasteiger partial charge in [0.1, 0.15) is 17.3 Å². The molecule has 0 bridgehead atoms. The van der Waals surface area contributed by atoms with E-state index in [0.29, 0.717) is 40.1 Å².